The van der Waals surface area contributed by atoms with Crippen LogP contribution in [-0.2, 0) is 0 Å². The van der Waals surface area contributed by atoms with Crippen molar-refractivity contribution < 1.29 is 4.79 Å². The van der Waals surface area contributed by atoms with Gasteiger partial charge >= 0.3 is 0 Å². The van der Waals surface area contributed by atoms with Gasteiger partial charge in [0.15, 0.2) is 0 Å². The summed E-state index contributed by atoms with van der Waals surface area (Å²) in [7, 11) is 0. The van der Waals surface area contributed by atoms with E-state index in [9.17, 15) is 4.79 Å². The molecule has 1 unspecified atom stereocenters. The molecule has 5 heteroatoms. The third-order valence-corrected chi connectivity index (χ3v) is 3.88. The van der Waals surface area contributed by atoms with E-state index in [0.29, 0.717) is 0 Å². The van der Waals surface area contributed by atoms with Crippen molar-refractivity contribution in [3.63, 3.8) is 0 Å². The fourth-order valence-corrected chi connectivity index (χ4v) is 2.79. The first-order valence-electron chi connectivity index (χ1n) is 7.10. The summed E-state index contributed by atoms with van der Waals surface area (Å²) in [5.41, 5.74) is 8.01. The maximum atomic E-state index is 11.3. The van der Waals surface area contributed by atoms with Gasteiger partial charge in [0.25, 0.3) is 5.91 Å². The fourth-order valence-electron chi connectivity index (χ4n) is 2.79. The Morgan fingerprint density at radius 1 is 1.29 bits per heavy atom. The summed E-state index contributed by atoms with van der Waals surface area (Å²) in [6, 6.07) is 8.84. The highest BCUT2D eigenvalue weighted by atomic mass is 16.1. The van der Waals surface area contributed by atoms with Crippen LogP contribution in [0, 0.1) is 6.92 Å². The van der Waals surface area contributed by atoms with Crippen molar-refractivity contribution in [2.24, 2.45) is 5.73 Å². The Labute approximate surface area is 123 Å². The highest BCUT2D eigenvalue weighted by Crippen LogP contribution is 2.34. The molecule has 2 N–H and O–H groups in total. The quantitative estimate of drug-likeness (QED) is 0.937. The number of aryl methyl sites for hydroxylation is 1. The topological polar surface area (TPSA) is 72.1 Å². The van der Waals surface area contributed by atoms with Gasteiger partial charge in [0.1, 0.15) is 11.5 Å². The lowest BCUT2D eigenvalue weighted by atomic mass is 10.0. The summed E-state index contributed by atoms with van der Waals surface area (Å²) in [4.78, 5) is 21.9. The minimum absolute atomic E-state index is 0.210. The Morgan fingerprint density at radius 3 is 2.76 bits per heavy atom. The van der Waals surface area contributed by atoms with E-state index < -0.39 is 5.91 Å². The van der Waals surface area contributed by atoms with Crippen LogP contribution in [0.2, 0.25) is 0 Å². The number of anilines is 1. The predicted octanol–water partition coefficient (Wildman–Crippen LogP) is 2.23. The Hall–Kier alpha value is -2.43. The molecule has 0 spiro atoms. The van der Waals surface area contributed by atoms with Gasteiger partial charge in [-0.25, -0.2) is 4.98 Å². The zero-order valence-corrected chi connectivity index (χ0v) is 12.0. The molecule has 108 valence electrons. The Morgan fingerprint density at radius 2 is 2.05 bits per heavy atom. The average molecular weight is 282 g/mol. The predicted molar refractivity (Wildman–Crippen MR) is 81.0 cm³/mol. The Kier molecular flexibility index (Phi) is 3.56. The molecule has 1 aromatic carbocycles. The number of nitrogens with two attached hydrogens (primary N) is 1. The van der Waals surface area contributed by atoms with Crippen molar-refractivity contribution in [2.75, 3.05) is 11.4 Å². The number of benzene rings is 1. The SMILES string of the molecule is Cc1ccc(C2CCCN2c2cncc(C(N)=O)n2)cc1. The minimum atomic E-state index is -0.546. The Balaban J connectivity index is 1.92. The van der Waals surface area contributed by atoms with Crippen LogP contribution in [0.3, 0.4) is 0 Å². The Bertz CT molecular complexity index is 654. The van der Waals surface area contributed by atoms with Crippen LogP contribution in [0.15, 0.2) is 36.7 Å². The summed E-state index contributed by atoms with van der Waals surface area (Å²) in [5, 5.41) is 0. The first-order chi connectivity index (χ1) is 10.1. The zero-order chi connectivity index (χ0) is 14.8. The van der Waals surface area contributed by atoms with Crippen LogP contribution in [0.4, 0.5) is 5.82 Å². The third kappa shape index (κ3) is 2.72. The highest BCUT2D eigenvalue weighted by molar-refractivity contribution is 5.90. The van der Waals surface area contributed by atoms with Gasteiger partial charge in [-0.3, -0.25) is 9.78 Å². The lowest BCUT2D eigenvalue weighted by Gasteiger charge is -2.26. The van der Waals surface area contributed by atoms with Crippen LogP contribution in [0.1, 0.15) is 40.5 Å². The monoisotopic (exact) mass is 282 g/mol. The van der Waals surface area contributed by atoms with Gasteiger partial charge in [-0.1, -0.05) is 29.8 Å². The second-order valence-electron chi connectivity index (χ2n) is 5.39. The van der Waals surface area contributed by atoms with Crippen LogP contribution < -0.4 is 10.6 Å². The van der Waals surface area contributed by atoms with Gasteiger partial charge < -0.3 is 10.6 Å². The summed E-state index contributed by atoms with van der Waals surface area (Å²) >= 11 is 0. The maximum Gasteiger partial charge on any atom is 0.268 e. The molecule has 1 fully saturated rings. The molecule has 2 heterocycles. The summed E-state index contributed by atoms with van der Waals surface area (Å²) in [5.74, 6) is 0.171. The number of carbonyl (C=O) groups is 1. The molecule has 0 saturated carbocycles. The smallest absolute Gasteiger partial charge is 0.268 e. The number of nitrogens with zero attached hydrogens (tertiary/aromatic N) is 3. The summed E-state index contributed by atoms with van der Waals surface area (Å²) < 4.78 is 0. The molecule has 1 atom stereocenters. The van der Waals surface area contributed by atoms with E-state index in [2.05, 4.69) is 46.1 Å². The standard InChI is InChI=1S/C16H18N4O/c1-11-4-6-12(7-5-11)14-3-2-8-20(14)15-10-18-9-13(19-15)16(17)21/h4-7,9-10,14H,2-3,8H2,1H3,(H2,17,21). The largest absolute Gasteiger partial charge is 0.364 e. The molecule has 2 aromatic rings. The van der Waals surface area contributed by atoms with Gasteiger partial charge in [-0.2, -0.15) is 0 Å². The normalized spacial score (nSPS) is 18.0. The lowest BCUT2D eigenvalue weighted by Crippen LogP contribution is -2.25. The van der Waals surface area contributed by atoms with E-state index in [-0.39, 0.29) is 11.7 Å². The van der Waals surface area contributed by atoms with Gasteiger partial charge in [0.2, 0.25) is 0 Å². The van der Waals surface area contributed by atoms with Crippen molar-refractivity contribution in [1.82, 2.24) is 9.97 Å². The van der Waals surface area contributed by atoms with E-state index in [1.165, 1.54) is 17.3 Å². The summed E-state index contributed by atoms with van der Waals surface area (Å²) in [6.07, 6.45) is 5.27. The van der Waals surface area contributed by atoms with E-state index in [1.54, 1.807) is 6.20 Å². The maximum absolute atomic E-state index is 11.3. The van der Waals surface area contributed by atoms with Crippen molar-refractivity contribution in [2.45, 2.75) is 25.8 Å². The second-order valence-corrected chi connectivity index (χ2v) is 5.39. The molecule has 1 amide bonds. The molecule has 1 saturated heterocycles. The van der Waals surface area contributed by atoms with E-state index >= 15 is 0 Å². The molecule has 5 nitrogen and oxygen atoms in total. The van der Waals surface area contributed by atoms with Crippen LogP contribution in [0.5, 0.6) is 0 Å². The second kappa shape index (κ2) is 5.52. The molecule has 1 aliphatic heterocycles. The number of amides is 1. The van der Waals surface area contributed by atoms with Crippen LogP contribution in [-0.4, -0.2) is 22.4 Å². The molecule has 21 heavy (non-hydrogen) atoms. The van der Waals surface area contributed by atoms with Gasteiger partial charge in [0, 0.05) is 6.54 Å². The molecular formula is C16H18N4O. The molecule has 0 aliphatic carbocycles. The third-order valence-electron chi connectivity index (χ3n) is 3.88. The van der Waals surface area contributed by atoms with Gasteiger partial charge in [0.05, 0.1) is 18.4 Å². The minimum Gasteiger partial charge on any atom is -0.364 e. The molecule has 1 aliphatic rings. The summed E-state index contributed by atoms with van der Waals surface area (Å²) in [6.45, 7) is 2.99. The lowest BCUT2D eigenvalue weighted by molar-refractivity contribution is 0.0995. The van der Waals surface area contributed by atoms with Crippen LogP contribution in [0.25, 0.3) is 0 Å². The molecule has 1 aromatic heterocycles. The molecule has 0 bridgehead atoms. The number of hydrogen-bond donors (Lipinski definition) is 1. The molecular weight excluding hydrogens is 264 g/mol. The number of carbonyl (C=O) groups excluding carboxylic acids is 1. The first-order valence-corrected chi connectivity index (χ1v) is 7.10. The zero-order valence-electron chi connectivity index (χ0n) is 12.0. The van der Waals surface area contributed by atoms with E-state index in [4.69, 9.17) is 5.73 Å². The van der Waals surface area contributed by atoms with Crippen molar-refractivity contribution in [3.8, 4) is 0 Å². The first kappa shape index (κ1) is 13.5. The van der Waals surface area contributed by atoms with Crippen molar-refractivity contribution in [1.29, 1.82) is 0 Å². The molecule has 0 radical (unpaired) electrons. The van der Waals surface area contributed by atoms with E-state index in [0.717, 1.165) is 25.2 Å². The molecule has 3 rings (SSSR count). The van der Waals surface area contributed by atoms with Gasteiger partial charge in [-0.15, -0.1) is 0 Å². The van der Waals surface area contributed by atoms with Crippen molar-refractivity contribution in [3.05, 3.63) is 53.5 Å². The number of hydrogen-bond acceptors (Lipinski definition) is 4. The van der Waals surface area contributed by atoms with E-state index in [1.807, 2.05) is 0 Å². The number of rotatable bonds is 3. The number of primary amides is 1. The van der Waals surface area contributed by atoms with Crippen molar-refractivity contribution >= 4 is 11.7 Å². The van der Waals surface area contributed by atoms with Gasteiger partial charge in [-0.05, 0) is 25.3 Å². The van der Waals surface area contributed by atoms with Crippen LogP contribution >= 0.6 is 0 Å². The highest BCUT2D eigenvalue weighted by Gasteiger charge is 2.27. The average Bonchev–Trinajstić information content (AvgIpc) is 2.97. The number of aromatic nitrogens is 2. The fraction of sp³-hybridized carbons (Fsp3) is 0.312.